The maximum Gasteiger partial charge on any atom is 0.323 e. The van der Waals surface area contributed by atoms with Crippen LogP contribution in [0.15, 0.2) is 15.9 Å². The minimum atomic E-state index is -0.231. The molecule has 17 heavy (non-hydrogen) atoms. The number of rotatable bonds is 6. The highest BCUT2D eigenvalue weighted by atomic mass is 79.9. The van der Waals surface area contributed by atoms with E-state index in [2.05, 4.69) is 35.1 Å². The maximum absolute atomic E-state index is 11.6. The Labute approximate surface area is 115 Å². The molecular formula is C12H18BrNO2S. The lowest BCUT2D eigenvalue weighted by atomic mass is 9.99. The number of methoxy groups -OCH3 is 1. The molecule has 96 valence electrons. The molecule has 3 nitrogen and oxygen atoms in total. The van der Waals surface area contributed by atoms with E-state index in [4.69, 9.17) is 4.74 Å². The summed E-state index contributed by atoms with van der Waals surface area (Å²) >= 11 is 5.09. The summed E-state index contributed by atoms with van der Waals surface area (Å²) in [6, 6.07) is 3.83. The van der Waals surface area contributed by atoms with Gasteiger partial charge in [0.05, 0.1) is 10.9 Å². The molecule has 1 heterocycles. The van der Waals surface area contributed by atoms with Crippen LogP contribution in [0.3, 0.4) is 0 Å². The van der Waals surface area contributed by atoms with Crippen molar-refractivity contribution in [1.82, 2.24) is 5.32 Å². The fourth-order valence-corrected chi connectivity index (χ4v) is 2.97. The Balaban J connectivity index is 2.57. The summed E-state index contributed by atoms with van der Waals surface area (Å²) < 4.78 is 5.93. The number of esters is 1. The van der Waals surface area contributed by atoms with Gasteiger partial charge in [0.25, 0.3) is 0 Å². The van der Waals surface area contributed by atoms with E-state index in [1.165, 1.54) is 12.0 Å². The molecule has 1 aromatic heterocycles. The van der Waals surface area contributed by atoms with Gasteiger partial charge in [0.2, 0.25) is 0 Å². The topological polar surface area (TPSA) is 38.3 Å². The zero-order chi connectivity index (χ0) is 12.8. The lowest BCUT2D eigenvalue weighted by Gasteiger charge is -2.21. The van der Waals surface area contributed by atoms with Gasteiger partial charge in [-0.15, -0.1) is 11.3 Å². The second-order valence-corrected chi connectivity index (χ2v) is 6.52. The molecule has 1 N–H and O–H groups in total. The van der Waals surface area contributed by atoms with Gasteiger partial charge in [-0.1, -0.05) is 20.3 Å². The first kappa shape index (κ1) is 14.7. The summed E-state index contributed by atoms with van der Waals surface area (Å²) in [6.07, 6.45) is 0.945. The van der Waals surface area contributed by atoms with Crippen LogP contribution in [0.5, 0.6) is 0 Å². The quantitative estimate of drug-likeness (QED) is 0.818. The monoisotopic (exact) mass is 319 g/mol. The predicted octanol–water partition coefficient (Wildman–Crippen LogP) is 3.19. The van der Waals surface area contributed by atoms with Crippen LogP contribution in [0.4, 0.5) is 0 Å². The summed E-state index contributed by atoms with van der Waals surface area (Å²) in [5.74, 6) is 0.0841. The van der Waals surface area contributed by atoms with Gasteiger partial charge in [-0.05, 0) is 34.0 Å². The average Bonchev–Trinajstić information content (AvgIpc) is 2.74. The highest BCUT2D eigenvalue weighted by Gasteiger charge is 2.24. The molecule has 0 bridgehead atoms. The molecule has 0 fully saturated rings. The molecule has 1 rings (SSSR count). The lowest BCUT2D eigenvalue weighted by Crippen LogP contribution is -2.42. The van der Waals surface area contributed by atoms with Crippen molar-refractivity contribution in [1.29, 1.82) is 0 Å². The summed E-state index contributed by atoms with van der Waals surface area (Å²) in [5, 5.41) is 3.27. The van der Waals surface area contributed by atoms with Gasteiger partial charge in [0.1, 0.15) is 6.04 Å². The van der Waals surface area contributed by atoms with Crippen LogP contribution in [-0.4, -0.2) is 19.1 Å². The fourth-order valence-electron chi connectivity index (χ4n) is 1.54. The summed E-state index contributed by atoms with van der Waals surface area (Å²) in [6.45, 7) is 4.82. The van der Waals surface area contributed by atoms with Crippen molar-refractivity contribution in [2.45, 2.75) is 32.9 Å². The van der Waals surface area contributed by atoms with Gasteiger partial charge < -0.3 is 4.74 Å². The molecule has 2 atom stereocenters. The Morgan fingerprint density at radius 2 is 2.29 bits per heavy atom. The molecule has 1 aromatic rings. The third-order valence-corrected chi connectivity index (χ3v) is 4.42. The van der Waals surface area contributed by atoms with Crippen molar-refractivity contribution in [3.8, 4) is 0 Å². The van der Waals surface area contributed by atoms with Crippen LogP contribution in [-0.2, 0) is 16.1 Å². The van der Waals surface area contributed by atoms with Crippen molar-refractivity contribution in [3.63, 3.8) is 0 Å². The second-order valence-electron chi connectivity index (χ2n) is 3.97. The normalized spacial score (nSPS) is 14.4. The van der Waals surface area contributed by atoms with Gasteiger partial charge in [0, 0.05) is 11.4 Å². The molecular weight excluding hydrogens is 302 g/mol. The molecule has 0 saturated carbocycles. The molecule has 0 aliphatic rings. The van der Waals surface area contributed by atoms with E-state index >= 15 is 0 Å². The average molecular weight is 320 g/mol. The number of carbonyl (C=O) groups is 1. The SMILES string of the molecule is CCC(C)C(NCc1ccc(Br)s1)C(=O)OC. The number of ether oxygens (including phenoxy) is 1. The zero-order valence-electron chi connectivity index (χ0n) is 10.3. The third kappa shape index (κ3) is 4.41. The van der Waals surface area contributed by atoms with Crippen molar-refractivity contribution in [3.05, 3.63) is 20.8 Å². The van der Waals surface area contributed by atoms with E-state index in [0.717, 1.165) is 10.2 Å². The van der Waals surface area contributed by atoms with E-state index in [9.17, 15) is 4.79 Å². The van der Waals surface area contributed by atoms with Crippen LogP contribution >= 0.6 is 27.3 Å². The van der Waals surface area contributed by atoms with Crippen LogP contribution < -0.4 is 5.32 Å². The van der Waals surface area contributed by atoms with E-state index in [0.29, 0.717) is 6.54 Å². The largest absolute Gasteiger partial charge is 0.468 e. The van der Waals surface area contributed by atoms with Crippen molar-refractivity contribution >= 4 is 33.2 Å². The van der Waals surface area contributed by atoms with Gasteiger partial charge in [-0.3, -0.25) is 10.1 Å². The molecule has 2 unspecified atom stereocenters. The molecule has 0 aliphatic heterocycles. The molecule has 0 saturated heterocycles. The van der Waals surface area contributed by atoms with E-state index in [-0.39, 0.29) is 17.9 Å². The van der Waals surface area contributed by atoms with Crippen LogP contribution in [0, 0.1) is 5.92 Å². The molecule has 0 spiro atoms. The standard InChI is InChI=1S/C12H18BrNO2S/c1-4-8(2)11(12(15)16-3)14-7-9-5-6-10(13)17-9/h5-6,8,11,14H,4,7H2,1-3H3. The highest BCUT2D eigenvalue weighted by Crippen LogP contribution is 2.22. The molecule has 0 radical (unpaired) electrons. The Hall–Kier alpha value is -0.390. The van der Waals surface area contributed by atoms with Crippen LogP contribution in [0.1, 0.15) is 25.1 Å². The van der Waals surface area contributed by atoms with E-state index in [1.54, 1.807) is 11.3 Å². The van der Waals surface area contributed by atoms with Gasteiger partial charge in [-0.2, -0.15) is 0 Å². The van der Waals surface area contributed by atoms with Crippen LogP contribution in [0.25, 0.3) is 0 Å². The Bertz CT molecular complexity index is 367. The Morgan fingerprint density at radius 1 is 1.59 bits per heavy atom. The number of nitrogens with one attached hydrogen (secondary N) is 1. The van der Waals surface area contributed by atoms with Gasteiger partial charge in [0.15, 0.2) is 0 Å². The minimum absolute atomic E-state index is 0.185. The summed E-state index contributed by atoms with van der Waals surface area (Å²) in [4.78, 5) is 12.9. The van der Waals surface area contributed by atoms with Crippen LogP contribution in [0.2, 0.25) is 0 Å². The third-order valence-electron chi connectivity index (χ3n) is 2.79. The Kier molecular flexibility index (Phi) is 6.16. The number of carbonyl (C=O) groups excluding carboxylic acids is 1. The first-order valence-electron chi connectivity index (χ1n) is 5.63. The summed E-state index contributed by atoms with van der Waals surface area (Å²) in [7, 11) is 1.43. The van der Waals surface area contributed by atoms with Crippen molar-refractivity contribution in [2.24, 2.45) is 5.92 Å². The first-order valence-corrected chi connectivity index (χ1v) is 7.24. The minimum Gasteiger partial charge on any atom is -0.468 e. The smallest absolute Gasteiger partial charge is 0.323 e. The number of hydrogen-bond donors (Lipinski definition) is 1. The Morgan fingerprint density at radius 3 is 2.76 bits per heavy atom. The predicted molar refractivity (Wildman–Crippen MR) is 74.1 cm³/mol. The molecule has 0 aromatic carbocycles. The van der Waals surface area contributed by atoms with E-state index in [1.807, 2.05) is 12.1 Å². The second kappa shape index (κ2) is 7.13. The molecule has 5 heteroatoms. The van der Waals surface area contributed by atoms with Crippen molar-refractivity contribution < 1.29 is 9.53 Å². The maximum atomic E-state index is 11.6. The number of halogens is 1. The molecule has 0 aliphatic carbocycles. The first-order chi connectivity index (χ1) is 8.08. The van der Waals surface area contributed by atoms with Gasteiger partial charge >= 0.3 is 5.97 Å². The number of hydrogen-bond acceptors (Lipinski definition) is 4. The zero-order valence-corrected chi connectivity index (χ0v) is 12.7. The molecule has 0 amide bonds. The number of thiophene rings is 1. The van der Waals surface area contributed by atoms with Gasteiger partial charge in [-0.25, -0.2) is 0 Å². The summed E-state index contributed by atoms with van der Waals surface area (Å²) in [5.41, 5.74) is 0. The highest BCUT2D eigenvalue weighted by molar-refractivity contribution is 9.11. The van der Waals surface area contributed by atoms with Crippen molar-refractivity contribution in [2.75, 3.05) is 7.11 Å². The fraction of sp³-hybridized carbons (Fsp3) is 0.583. The van der Waals surface area contributed by atoms with E-state index < -0.39 is 0 Å². The lowest BCUT2D eigenvalue weighted by molar-refractivity contribution is -0.144.